The molecule has 1 atom stereocenters. The lowest BCUT2D eigenvalue weighted by Gasteiger charge is -2.32. The molecule has 0 amide bonds. The van der Waals surface area contributed by atoms with Gasteiger partial charge in [0.1, 0.15) is 5.69 Å². The summed E-state index contributed by atoms with van der Waals surface area (Å²) in [7, 11) is 0. The predicted octanol–water partition coefficient (Wildman–Crippen LogP) is 2.58. The van der Waals surface area contributed by atoms with Crippen molar-refractivity contribution in [1.82, 2.24) is 10.1 Å². The molecular weight excluding hydrogens is 318 g/mol. The van der Waals surface area contributed by atoms with Crippen molar-refractivity contribution in [2.75, 3.05) is 18.0 Å². The maximum absolute atomic E-state index is 11.3. The van der Waals surface area contributed by atoms with Crippen LogP contribution < -0.4 is 4.90 Å². The maximum atomic E-state index is 11.3. The molecule has 0 aliphatic carbocycles. The molecule has 2 aromatic rings. The summed E-state index contributed by atoms with van der Waals surface area (Å²) in [5.74, 6) is 1.04. The molecule has 1 aromatic carbocycles. The number of benzene rings is 1. The van der Waals surface area contributed by atoms with E-state index in [1.807, 2.05) is 4.90 Å². The van der Waals surface area contributed by atoms with Crippen LogP contribution in [0.4, 0.5) is 17.1 Å². The van der Waals surface area contributed by atoms with Gasteiger partial charge in [-0.1, -0.05) is 5.16 Å². The van der Waals surface area contributed by atoms with Crippen LogP contribution in [0.5, 0.6) is 0 Å². The quantitative estimate of drug-likeness (QED) is 0.616. The average Bonchev–Trinajstić information content (AvgIpc) is 3.01. The zero-order valence-electron chi connectivity index (χ0n) is 12.9. The SMILES string of the molecule is Cc1noc(C2CCCN(c3ccc([N+](=O)[O-])cc3[N+](=O)[O-])C2)n1. The van der Waals surface area contributed by atoms with Crippen LogP contribution in [0.25, 0.3) is 0 Å². The van der Waals surface area contributed by atoms with Crippen molar-refractivity contribution in [3.63, 3.8) is 0 Å². The van der Waals surface area contributed by atoms with Gasteiger partial charge in [0.2, 0.25) is 5.89 Å². The van der Waals surface area contributed by atoms with E-state index in [1.54, 1.807) is 6.92 Å². The van der Waals surface area contributed by atoms with E-state index in [0.717, 1.165) is 18.9 Å². The summed E-state index contributed by atoms with van der Waals surface area (Å²) in [6.07, 6.45) is 1.65. The topological polar surface area (TPSA) is 128 Å². The molecule has 0 N–H and O–H groups in total. The summed E-state index contributed by atoms with van der Waals surface area (Å²) < 4.78 is 5.21. The van der Waals surface area contributed by atoms with Gasteiger partial charge in [-0.05, 0) is 25.8 Å². The van der Waals surface area contributed by atoms with Crippen molar-refractivity contribution >= 4 is 17.1 Å². The number of aromatic nitrogens is 2. The van der Waals surface area contributed by atoms with Gasteiger partial charge in [-0.25, -0.2) is 0 Å². The van der Waals surface area contributed by atoms with Crippen LogP contribution in [-0.4, -0.2) is 33.1 Å². The van der Waals surface area contributed by atoms with Crippen LogP contribution in [0.2, 0.25) is 0 Å². The minimum absolute atomic E-state index is 0.0188. The van der Waals surface area contributed by atoms with Gasteiger partial charge in [0, 0.05) is 19.2 Å². The lowest BCUT2D eigenvalue weighted by molar-refractivity contribution is -0.393. The lowest BCUT2D eigenvalue weighted by Crippen LogP contribution is -2.34. The van der Waals surface area contributed by atoms with Crippen molar-refractivity contribution in [3.8, 4) is 0 Å². The molecule has 10 nitrogen and oxygen atoms in total. The second-order valence-electron chi connectivity index (χ2n) is 5.65. The molecule has 1 fully saturated rings. The monoisotopic (exact) mass is 333 g/mol. The van der Waals surface area contributed by atoms with Gasteiger partial charge in [-0.3, -0.25) is 20.2 Å². The molecule has 126 valence electrons. The highest BCUT2D eigenvalue weighted by molar-refractivity contribution is 5.67. The fraction of sp³-hybridized carbons (Fsp3) is 0.429. The van der Waals surface area contributed by atoms with Crippen molar-refractivity contribution in [1.29, 1.82) is 0 Å². The highest BCUT2D eigenvalue weighted by Gasteiger charge is 2.30. The fourth-order valence-corrected chi connectivity index (χ4v) is 2.92. The second-order valence-corrected chi connectivity index (χ2v) is 5.65. The molecule has 1 aliphatic heterocycles. The summed E-state index contributed by atoms with van der Waals surface area (Å²) in [4.78, 5) is 27.0. The Kier molecular flexibility index (Phi) is 4.11. The number of hydrogen-bond acceptors (Lipinski definition) is 8. The molecule has 1 aliphatic rings. The Labute approximate surface area is 136 Å². The zero-order valence-corrected chi connectivity index (χ0v) is 12.9. The molecule has 1 aromatic heterocycles. The van der Waals surface area contributed by atoms with Crippen LogP contribution >= 0.6 is 0 Å². The third-order valence-electron chi connectivity index (χ3n) is 4.02. The summed E-state index contributed by atoms with van der Waals surface area (Å²) in [6.45, 7) is 2.84. The van der Waals surface area contributed by atoms with E-state index in [9.17, 15) is 20.2 Å². The Hall–Kier alpha value is -3.04. The number of piperidine rings is 1. The van der Waals surface area contributed by atoms with Crippen LogP contribution in [0.15, 0.2) is 22.7 Å². The predicted molar refractivity (Wildman–Crippen MR) is 83.0 cm³/mol. The highest BCUT2D eigenvalue weighted by atomic mass is 16.6. The maximum Gasteiger partial charge on any atom is 0.299 e. The normalized spacial score (nSPS) is 17.7. The Morgan fingerprint density at radius 1 is 1.29 bits per heavy atom. The van der Waals surface area contributed by atoms with E-state index in [4.69, 9.17) is 4.52 Å². The first-order valence-electron chi connectivity index (χ1n) is 7.43. The van der Waals surface area contributed by atoms with Crippen LogP contribution in [0.1, 0.15) is 30.5 Å². The van der Waals surface area contributed by atoms with Gasteiger partial charge in [0.15, 0.2) is 5.82 Å². The number of nitro benzene ring substituents is 2. The Balaban J connectivity index is 1.90. The van der Waals surface area contributed by atoms with Crippen LogP contribution in [0, 0.1) is 27.2 Å². The summed E-state index contributed by atoms with van der Waals surface area (Å²) in [6, 6.07) is 3.70. The number of nitro groups is 2. The zero-order chi connectivity index (χ0) is 17.3. The van der Waals surface area contributed by atoms with Gasteiger partial charge >= 0.3 is 0 Å². The van der Waals surface area contributed by atoms with Crippen molar-refractivity contribution < 1.29 is 14.4 Å². The molecule has 0 bridgehead atoms. The number of nitrogens with zero attached hydrogens (tertiary/aromatic N) is 5. The molecule has 0 spiro atoms. The molecule has 1 unspecified atom stereocenters. The van der Waals surface area contributed by atoms with Crippen LogP contribution in [0.3, 0.4) is 0 Å². The molecule has 2 heterocycles. The molecule has 0 radical (unpaired) electrons. The third-order valence-corrected chi connectivity index (χ3v) is 4.02. The van der Waals surface area contributed by atoms with E-state index in [2.05, 4.69) is 10.1 Å². The molecule has 10 heteroatoms. The van der Waals surface area contributed by atoms with E-state index in [1.165, 1.54) is 12.1 Å². The first kappa shape index (κ1) is 15.8. The summed E-state index contributed by atoms with van der Waals surface area (Å²) >= 11 is 0. The smallest absolute Gasteiger partial charge is 0.299 e. The molecular formula is C14H15N5O5. The second kappa shape index (κ2) is 6.22. The van der Waals surface area contributed by atoms with Crippen molar-refractivity contribution in [2.24, 2.45) is 0 Å². The summed E-state index contributed by atoms with van der Waals surface area (Å²) in [5, 5.41) is 25.9. The minimum Gasteiger partial charge on any atom is -0.365 e. The molecule has 24 heavy (non-hydrogen) atoms. The molecule has 0 saturated carbocycles. The van der Waals surface area contributed by atoms with Crippen molar-refractivity contribution in [2.45, 2.75) is 25.7 Å². The number of anilines is 1. The number of rotatable bonds is 4. The standard InChI is InChI=1S/C14H15N5O5/c1-9-15-14(24-16-9)10-3-2-6-17(8-10)12-5-4-11(18(20)21)7-13(12)19(22)23/h4-5,7,10H,2-3,6,8H2,1H3. The van der Waals surface area contributed by atoms with Crippen molar-refractivity contribution in [3.05, 3.63) is 50.1 Å². The minimum atomic E-state index is -0.642. The summed E-state index contributed by atoms with van der Waals surface area (Å²) in [5.41, 5.74) is -0.204. The number of hydrogen-bond donors (Lipinski definition) is 0. The van der Waals surface area contributed by atoms with Gasteiger partial charge in [-0.15, -0.1) is 0 Å². The molecule has 3 rings (SSSR count). The average molecular weight is 333 g/mol. The van der Waals surface area contributed by atoms with Crippen LogP contribution in [-0.2, 0) is 0 Å². The van der Waals surface area contributed by atoms with E-state index >= 15 is 0 Å². The third kappa shape index (κ3) is 3.03. The Morgan fingerprint density at radius 2 is 2.08 bits per heavy atom. The first-order chi connectivity index (χ1) is 11.5. The number of aryl methyl sites for hydroxylation is 1. The van der Waals surface area contributed by atoms with E-state index < -0.39 is 9.85 Å². The first-order valence-corrected chi connectivity index (χ1v) is 7.43. The Bertz CT molecular complexity index is 790. The van der Waals surface area contributed by atoms with Gasteiger partial charge in [0.25, 0.3) is 11.4 Å². The molecule has 1 saturated heterocycles. The van der Waals surface area contributed by atoms with Gasteiger partial charge < -0.3 is 9.42 Å². The lowest BCUT2D eigenvalue weighted by atomic mass is 9.97. The number of non-ortho nitro benzene ring substituents is 1. The highest BCUT2D eigenvalue weighted by Crippen LogP contribution is 2.36. The largest absolute Gasteiger partial charge is 0.365 e. The van der Waals surface area contributed by atoms with E-state index in [-0.39, 0.29) is 17.3 Å². The van der Waals surface area contributed by atoms with Gasteiger partial charge in [0.05, 0.1) is 21.8 Å². The van der Waals surface area contributed by atoms with E-state index in [0.29, 0.717) is 30.5 Å². The fourth-order valence-electron chi connectivity index (χ4n) is 2.92. The Morgan fingerprint density at radius 3 is 2.71 bits per heavy atom. The van der Waals surface area contributed by atoms with Gasteiger partial charge in [-0.2, -0.15) is 4.98 Å².